The van der Waals surface area contributed by atoms with Crippen LogP contribution in [-0.2, 0) is 6.18 Å². The molecule has 4 amide bonds. The first-order chi connectivity index (χ1) is 15.8. The van der Waals surface area contributed by atoms with E-state index in [2.05, 4.69) is 10.3 Å². The molecule has 0 saturated heterocycles. The van der Waals surface area contributed by atoms with Crippen molar-refractivity contribution in [3.05, 3.63) is 64.7 Å². The molecule has 184 valence electrons. The monoisotopic (exact) mass is 483 g/mol. The zero-order valence-electron chi connectivity index (χ0n) is 19.0. The summed E-state index contributed by atoms with van der Waals surface area (Å²) in [5, 5.41) is 2.38. The molecule has 2 aromatic rings. The number of alkyl halides is 3. The summed E-state index contributed by atoms with van der Waals surface area (Å²) in [4.78, 5) is 41.6. The van der Waals surface area contributed by atoms with Crippen LogP contribution >= 0.6 is 0 Å². The first-order valence-electron chi connectivity index (χ1n) is 10.3. The van der Waals surface area contributed by atoms with Crippen LogP contribution in [0.15, 0.2) is 36.7 Å². The number of carbonyl (C=O) groups is 3. The van der Waals surface area contributed by atoms with Crippen molar-refractivity contribution in [1.29, 1.82) is 0 Å². The lowest BCUT2D eigenvalue weighted by atomic mass is 10.0. The molecule has 12 heteroatoms. The van der Waals surface area contributed by atoms with Crippen LogP contribution in [0.2, 0.25) is 0 Å². The molecule has 2 rings (SSSR count). The molecule has 1 heterocycles. The fourth-order valence-corrected chi connectivity index (χ4v) is 3.14. The second-order valence-electron chi connectivity index (χ2n) is 7.66. The quantitative estimate of drug-likeness (QED) is 0.429. The summed E-state index contributed by atoms with van der Waals surface area (Å²) < 4.78 is 52.9. The number of nitrogens with one attached hydrogen (secondary N) is 3. The number of nitrogens with zero attached hydrogens (tertiary/aromatic N) is 2. The fraction of sp³-hybridized carbons (Fsp3) is 0.364. The second-order valence-corrected chi connectivity index (χ2v) is 7.66. The Bertz CT molecular complexity index is 1060. The molecule has 1 atom stereocenters. The van der Waals surface area contributed by atoms with Crippen molar-refractivity contribution < 1.29 is 31.9 Å². The van der Waals surface area contributed by atoms with Crippen LogP contribution in [0.1, 0.15) is 65.6 Å². The molecule has 0 spiro atoms. The second kappa shape index (κ2) is 10.9. The standard InChI is InChI=1S/C22H25F4N5O3/c1-5-31(12(2)3)20(33)14-6-7-17(18(23)9-14)13(4)28-21(34)30-29-19(32)15-8-16(11-27-10-15)22(24,25)26/h6-13H,5H2,1-4H3,(H,29,32)(H2,28,30,34)/t13-/m1/s1. The third-order valence-electron chi connectivity index (χ3n) is 4.90. The molecule has 0 saturated carbocycles. The molecule has 1 aromatic carbocycles. The molecule has 3 N–H and O–H groups in total. The molecule has 0 radical (unpaired) electrons. The van der Waals surface area contributed by atoms with Crippen molar-refractivity contribution in [3.8, 4) is 0 Å². The first kappa shape index (κ1) is 26.6. The molecular formula is C22H25F4N5O3. The van der Waals surface area contributed by atoms with Gasteiger partial charge in [-0.2, -0.15) is 13.2 Å². The fourth-order valence-electron chi connectivity index (χ4n) is 3.14. The van der Waals surface area contributed by atoms with E-state index < -0.39 is 41.1 Å². The molecule has 0 fully saturated rings. The molecule has 8 nitrogen and oxygen atoms in total. The Hall–Kier alpha value is -3.70. The Morgan fingerprint density at radius 1 is 1.03 bits per heavy atom. The van der Waals surface area contributed by atoms with Gasteiger partial charge in [0, 0.05) is 36.1 Å². The topological polar surface area (TPSA) is 103 Å². The third-order valence-corrected chi connectivity index (χ3v) is 4.90. The Morgan fingerprint density at radius 2 is 1.71 bits per heavy atom. The molecular weight excluding hydrogens is 458 g/mol. The number of benzene rings is 1. The van der Waals surface area contributed by atoms with Gasteiger partial charge in [-0.05, 0) is 45.9 Å². The number of hydrazine groups is 1. The van der Waals surface area contributed by atoms with Gasteiger partial charge in [0.05, 0.1) is 17.2 Å². The Balaban J connectivity index is 1.99. The van der Waals surface area contributed by atoms with Crippen molar-refractivity contribution in [2.45, 2.75) is 46.0 Å². The van der Waals surface area contributed by atoms with Crippen LogP contribution in [-0.4, -0.2) is 40.3 Å². The van der Waals surface area contributed by atoms with Crippen LogP contribution in [0.4, 0.5) is 22.4 Å². The minimum Gasteiger partial charge on any atom is -0.337 e. The normalized spacial score (nSPS) is 12.1. The number of aromatic nitrogens is 1. The lowest BCUT2D eigenvalue weighted by Crippen LogP contribution is -2.47. The zero-order valence-corrected chi connectivity index (χ0v) is 19.0. The summed E-state index contributed by atoms with van der Waals surface area (Å²) in [6, 6.07) is 2.63. The van der Waals surface area contributed by atoms with Crippen molar-refractivity contribution >= 4 is 17.8 Å². The molecule has 0 aliphatic carbocycles. The van der Waals surface area contributed by atoms with E-state index in [1.807, 2.05) is 31.6 Å². The molecule has 0 unspecified atom stereocenters. The maximum Gasteiger partial charge on any atom is 0.417 e. The van der Waals surface area contributed by atoms with Crippen LogP contribution in [0.3, 0.4) is 0 Å². The van der Waals surface area contributed by atoms with Gasteiger partial charge in [-0.25, -0.2) is 14.6 Å². The van der Waals surface area contributed by atoms with Crippen molar-refractivity contribution in [1.82, 2.24) is 26.1 Å². The molecule has 34 heavy (non-hydrogen) atoms. The van der Waals surface area contributed by atoms with E-state index in [9.17, 15) is 31.9 Å². The SMILES string of the molecule is CCN(C(=O)c1ccc([C@@H](C)NC(=O)NNC(=O)c2cncc(C(F)(F)F)c2)c(F)c1)C(C)C. The van der Waals surface area contributed by atoms with Gasteiger partial charge in [0.2, 0.25) is 0 Å². The molecule has 0 bridgehead atoms. The lowest BCUT2D eigenvalue weighted by molar-refractivity contribution is -0.137. The van der Waals surface area contributed by atoms with Crippen LogP contribution in [0.25, 0.3) is 0 Å². The summed E-state index contributed by atoms with van der Waals surface area (Å²) in [6.45, 7) is 7.44. The highest BCUT2D eigenvalue weighted by Gasteiger charge is 2.31. The van der Waals surface area contributed by atoms with Gasteiger partial charge in [0.15, 0.2) is 0 Å². The third kappa shape index (κ3) is 6.65. The van der Waals surface area contributed by atoms with Gasteiger partial charge in [0.1, 0.15) is 5.82 Å². The van der Waals surface area contributed by atoms with Gasteiger partial charge in [0.25, 0.3) is 11.8 Å². The van der Waals surface area contributed by atoms with E-state index in [-0.39, 0.29) is 23.1 Å². The van der Waals surface area contributed by atoms with E-state index in [0.29, 0.717) is 18.8 Å². The smallest absolute Gasteiger partial charge is 0.337 e. The molecule has 0 aliphatic rings. The lowest BCUT2D eigenvalue weighted by Gasteiger charge is -2.25. The largest absolute Gasteiger partial charge is 0.417 e. The van der Waals surface area contributed by atoms with Gasteiger partial charge >= 0.3 is 12.2 Å². The van der Waals surface area contributed by atoms with E-state index in [4.69, 9.17) is 0 Å². The summed E-state index contributed by atoms with van der Waals surface area (Å²) in [7, 11) is 0. The minimum absolute atomic E-state index is 0.0635. The first-order valence-corrected chi connectivity index (χ1v) is 10.3. The highest BCUT2D eigenvalue weighted by atomic mass is 19.4. The number of hydrogen-bond acceptors (Lipinski definition) is 4. The summed E-state index contributed by atoms with van der Waals surface area (Å²) >= 11 is 0. The minimum atomic E-state index is -4.68. The summed E-state index contributed by atoms with van der Waals surface area (Å²) in [5.41, 5.74) is 2.65. The highest BCUT2D eigenvalue weighted by Crippen LogP contribution is 2.28. The average Bonchev–Trinajstić information content (AvgIpc) is 2.76. The predicted molar refractivity (Wildman–Crippen MR) is 115 cm³/mol. The number of amides is 4. The Kier molecular flexibility index (Phi) is 8.55. The summed E-state index contributed by atoms with van der Waals surface area (Å²) in [6.07, 6.45) is -3.21. The number of halogens is 4. The van der Waals surface area contributed by atoms with Gasteiger partial charge in [-0.3, -0.25) is 20.0 Å². The van der Waals surface area contributed by atoms with E-state index in [1.54, 1.807) is 4.90 Å². The Morgan fingerprint density at radius 3 is 2.26 bits per heavy atom. The number of rotatable bonds is 6. The summed E-state index contributed by atoms with van der Waals surface area (Å²) in [5.74, 6) is -2.06. The number of hydrogen-bond donors (Lipinski definition) is 3. The average molecular weight is 483 g/mol. The van der Waals surface area contributed by atoms with Gasteiger partial charge in [-0.1, -0.05) is 6.07 Å². The van der Waals surface area contributed by atoms with Crippen molar-refractivity contribution in [2.75, 3.05) is 6.54 Å². The molecule has 0 aliphatic heterocycles. The number of urea groups is 1. The van der Waals surface area contributed by atoms with Crippen LogP contribution in [0, 0.1) is 5.82 Å². The Labute approximate surface area is 193 Å². The van der Waals surface area contributed by atoms with Crippen molar-refractivity contribution in [2.24, 2.45) is 0 Å². The highest BCUT2D eigenvalue weighted by molar-refractivity contribution is 5.95. The van der Waals surface area contributed by atoms with Crippen LogP contribution in [0.5, 0.6) is 0 Å². The maximum atomic E-state index is 14.6. The van der Waals surface area contributed by atoms with E-state index in [0.717, 1.165) is 12.3 Å². The van der Waals surface area contributed by atoms with Gasteiger partial charge < -0.3 is 10.2 Å². The van der Waals surface area contributed by atoms with E-state index in [1.165, 1.54) is 19.1 Å². The maximum absolute atomic E-state index is 14.6. The van der Waals surface area contributed by atoms with Crippen molar-refractivity contribution in [3.63, 3.8) is 0 Å². The van der Waals surface area contributed by atoms with Crippen LogP contribution < -0.4 is 16.2 Å². The number of pyridine rings is 1. The predicted octanol–water partition coefficient (Wildman–Crippen LogP) is 3.82. The van der Waals surface area contributed by atoms with E-state index >= 15 is 0 Å². The molecule has 1 aromatic heterocycles. The number of carbonyl (C=O) groups excluding carboxylic acids is 3. The van der Waals surface area contributed by atoms with Gasteiger partial charge in [-0.15, -0.1) is 0 Å². The zero-order chi connectivity index (χ0) is 25.6.